The molecule has 1 amide bonds. The molecule has 298 valence electrons. The van der Waals surface area contributed by atoms with Crippen LogP contribution in [0.5, 0.6) is 0 Å². The van der Waals surface area contributed by atoms with Crippen LogP contribution in [-0.2, 0) is 21.3 Å². The number of hydrogen-bond donors (Lipinski definition) is 2. The van der Waals surface area contributed by atoms with E-state index in [4.69, 9.17) is 16.3 Å². The first-order chi connectivity index (χ1) is 27.7. The second-order valence-corrected chi connectivity index (χ2v) is 18.2. The molecule has 2 saturated heterocycles. The van der Waals surface area contributed by atoms with Crippen molar-refractivity contribution in [1.29, 1.82) is 0 Å². The van der Waals surface area contributed by atoms with Gasteiger partial charge in [0.1, 0.15) is 0 Å². The van der Waals surface area contributed by atoms with E-state index < -0.39 is 15.9 Å². The van der Waals surface area contributed by atoms with Crippen LogP contribution >= 0.6 is 23.4 Å². The van der Waals surface area contributed by atoms with Crippen LogP contribution in [-0.4, -0.2) is 81.9 Å². The van der Waals surface area contributed by atoms with E-state index in [1.54, 1.807) is 24.3 Å². The highest BCUT2D eigenvalue weighted by molar-refractivity contribution is 7.99. The largest absolute Gasteiger partial charge is 0.381 e. The molecule has 5 aromatic rings. The fraction of sp³-hybridized carbons (Fsp3) is 0.326. The Morgan fingerprint density at radius 1 is 0.842 bits per heavy atom. The summed E-state index contributed by atoms with van der Waals surface area (Å²) in [5.74, 6) is 0.597. The molecule has 0 bridgehead atoms. The Kier molecular flexibility index (Phi) is 14.0. The summed E-state index contributed by atoms with van der Waals surface area (Å²) in [5.41, 5.74) is 6.84. The molecule has 2 fully saturated rings. The van der Waals surface area contributed by atoms with Crippen molar-refractivity contribution in [1.82, 2.24) is 14.5 Å². The quantitative estimate of drug-likeness (QED) is 0.101. The molecule has 0 spiro atoms. The van der Waals surface area contributed by atoms with Crippen molar-refractivity contribution in [2.24, 2.45) is 0 Å². The van der Waals surface area contributed by atoms with Gasteiger partial charge in [0.2, 0.25) is 0 Å². The number of carbonyl (C=O) groups excluding carboxylic acids is 1. The Morgan fingerprint density at radius 3 is 2.26 bits per heavy atom. The molecule has 2 heterocycles. The lowest BCUT2D eigenvalue weighted by Crippen LogP contribution is -2.39. The topological polar surface area (TPSA) is 91.0 Å². The summed E-state index contributed by atoms with van der Waals surface area (Å²) in [6.07, 6.45) is 2.95. The third-order valence-corrected chi connectivity index (χ3v) is 13.7. The van der Waals surface area contributed by atoms with Gasteiger partial charge < -0.3 is 10.1 Å². The fourth-order valence-corrected chi connectivity index (χ4v) is 9.82. The van der Waals surface area contributed by atoms with Gasteiger partial charge in [0, 0.05) is 59.1 Å². The Morgan fingerprint density at radius 2 is 1.54 bits per heavy atom. The zero-order valence-corrected chi connectivity index (χ0v) is 34.8. The van der Waals surface area contributed by atoms with Gasteiger partial charge in [0.25, 0.3) is 15.9 Å². The first-order valence-corrected chi connectivity index (χ1v) is 22.6. The van der Waals surface area contributed by atoms with Gasteiger partial charge in [-0.15, -0.1) is 11.8 Å². The summed E-state index contributed by atoms with van der Waals surface area (Å²) in [4.78, 5) is 19.4. The fourth-order valence-electron chi connectivity index (χ4n) is 7.64. The van der Waals surface area contributed by atoms with Gasteiger partial charge in [-0.1, -0.05) is 78.3 Å². The average Bonchev–Trinajstić information content (AvgIpc) is 3.24. The molecule has 11 heteroatoms. The van der Waals surface area contributed by atoms with Crippen molar-refractivity contribution in [3.63, 3.8) is 0 Å². The van der Waals surface area contributed by atoms with E-state index in [0.717, 1.165) is 99.3 Å². The number of halogens is 1. The van der Waals surface area contributed by atoms with Crippen molar-refractivity contribution in [3.8, 4) is 11.1 Å². The van der Waals surface area contributed by atoms with Crippen LogP contribution < -0.4 is 10.0 Å². The van der Waals surface area contributed by atoms with Crippen molar-refractivity contribution in [2.45, 2.75) is 54.5 Å². The van der Waals surface area contributed by atoms with Crippen molar-refractivity contribution in [2.75, 3.05) is 57.0 Å². The molecule has 1 atom stereocenters. The number of nitrogens with one attached hydrogen (secondary N) is 2. The maximum atomic E-state index is 13.4. The number of likely N-dealkylation sites (tertiary alicyclic amines) is 1. The highest BCUT2D eigenvalue weighted by Crippen LogP contribution is 2.32. The number of carbonyl (C=O) groups is 1. The number of anilines is 1. The molecule has 7 rings (SSSR count). The van der Waals surface area contributed by atoms with Crippen LogP contribution in [0.2, 0.25) is 5.02 Å². The predicted octanol–water partition coefficient (Wildman–Crippen LogP) is 9.11. The third-order valence-electron chi connectivity index (χ3n) is 11.0. The van der Waals surface area contributed by atoms with Crippen molar-refractivity contribution >= 4 is 45.0 Å². The van der Waals surface area contributed by atoms with E-state index in [9.17, 15) is 13.2 Å². The first kappa shape index (κ1) is 41.0. The van der Waals surface area contributed by atoms with E-state index in [-0.39, 0.29) is 10.9 Å². The molecule has 0 aliphatic carbocycles. The predicted molar refractivity (Wildman–Crippen MR) is 233 cm³/mol. The van der Waals surface area contributed by atoms with Gasteiger partial charge >= 0.3 is 0 Å². The van der Waals surface area contributed by atoms with Crippen LogP contribution in [0.3, 0.4) is 0 Å². The van der Waals surface area contributed by atoms with Crippen LogP contribution in [0.15, 0.2) is 131 Å². The smallest absolute Gasteiger partial charge is 0.264 e. The molecule has 8 nitrogen and oxygen atoms in total. The number of morpholine rings is 1. The first-order valence-electron chi connectivity index (χ1n) is 19.8. The lowest BCUT2D eigenvalue weighted by atomic mass is 9.88. The Labute approximate surface area is 347 Å². The van der Waals surface area contributed by atoms with E-state index >= 15 is 0 Å². The maximum Gasteiger partial charge on any atom is 0.264 e. The lowest BCUT2D eigenvalue weighted by molar-refractivity contribution is 0.0370. The normalized spacial score (nSPS) is 16.2. The van der Waals surface area contributed by atoms with Gasteiger partial charge in [-0.3, -0.25) is 14.6 Å². The van der Waals surface area contributed by atoms with Gasteiger partial charge in [-0.2, -0.15) is 0 Å². The number of nitrogens with zero attached hydrogens (tertiary/aromatic N) is 2. The Bertz CT molecular complexity index is 2190. The number of ether oxygens (including phenoxy) is 1. The van der Waals surface area contributed by atoms with E-state index in [2.05, 4.69) is 68.4 Å². The molecule has 2 aliphatic rings. The molecule has 5 aromatic carbocycles. The van der Waals surface area contributed by atoms with Gasteiger partial charge in [0.05, 0.1) is 18.1 Å². The summed E-state index contributed by atoms with van der Waals surface area (Å²) < 4.78 is 34.7. The SMILES string of the molecule is Cc1cc(S(=O)(=O)NC(=O)c2ccc(C3CCN(Cc4ccccc4-c4ccc(Cl)cc4)CC3)cc2)ccc1N[C@H](CCN1CCOCC1)CSc1ccccc1. The zero-order valence-electron chi connectivity index (χ0n) is 32.4. The number of benzene rings is 5. The van der Waals surface area contributed by atoms with Crippen LogP contribution in [0.4, 0.5) is 5.69 Å². The highest BCUT2D eigenvalue weighted by atomic mass is 35.5. The van der Waals surface area contributed by atoms with Crippen molar-refractivity contribution in [3.05, 3.63) is 149 Å². The lowest BCUT2D eigenvalue weighted by Gasteiger charge is -2.32. The number of rotatable bonds is 15. The van der Waals surface area contributed by atoms with Crippen LogP contribution in [0.25, 0.3) is 11.1 Å². The minimum Gasteiger partial charge on any atom is -0.381 e. The zero-order chi connectivity index (χ0) is 39.6. The monoisotopic (exact) mass is 822 g/mol. The number of sulfonamides is 1. The average molecular weight is 824 g/mol. The molecule has 2 N–H and O–H groups in total. The number of amides is 1. The van der Waals surface area contributed by atoms with E-state index in [0.29, 0.717) is 11.5 Å². The minimum absolute atomic E-state index is 0.0570. The molecule has 0 unspecified atom stereocenters. The van der Waals surface area contributed by atoms with Crippen LogP contribution in [0, 0.1) is 6.92 Å². The Balaban J connectivity index is 0.926. The Hall–Kier alpha value is -4.16. The standard InChI is InChI=1S/C46H51ClN4O4S2/c1-34-31-43(19-20-45(34)48-41(23-26-50-27-29-55-30-28-50)33-56-42-8-3-2-4-9-42)57(53,54)49-46(52)38-13-11-35(12-14-38)36-21-24-51(25-22-36)32-39-7-5-6-10-44(39)37-15-17-40(47)18-16-37/h2-20,31,36,41,48H,21-30,32-33H2,1H3,(H,49,52)/t41-/m1/s1. The number of piperidine rings is 1. The second-order valence-electron chi connectivity index (χ2n) is 15.0. The summed E-state index contributed by atoms with van der Waals surface area (Å²) in [5, 5.41) is 4.42. The molecule has 2 aliphatic heterocycles. The molecule has 57 heavy (non-hydrogen) atoms. The number of hydrogen-bond acceptors (Lipinski definition) is 8. The number of aryl methyl sites for hydroxylation is 1. The second kappa shape index (κ2) is 19.5. The molecule has 0 radical (unpaired) electrons. The molecule has 0 aromatic heterocycles. The molecule has 0 saturated carbocycles. The van der Waals surface area contributed by atoms with Gasteiger partial charge in [-0.25, -0.2) is 13.1 Å². The van der Waals surface area contributed by atoms with Crippen molar-refractivity contribution < 1.29 is 17.9 Å². The summed E-state index contributed by atoms with van der Waals surface area (Å²) >= 11 is 7.94. The molecular weight excluding hydrogens is 772 g/mol. The highest BCUT2D eigenvalue weighted by Gasteiger charge is 2.24. The van der Waals surface area contributed by atoms with Crippen LogP contribution in [0.1, 0.15) is 52.2 Å². The van der Waals surface area contributed by atoms with E-state index in [1.165, 1.54) is 21.6 Å². The van der Waals surface area contributed by atoms with Gasteiger partial charge in [0.15, 0.2) is 0 Å². The maximum absolute atomic E-state index is 13.4. The minimum atomic E-state index is -4.09. The summed E-state index contributed by atoms with van der Waals surface area (Å²) in [7, 11) is -4.09. The summed E-state index contributed by atoms with van der Waals surface area (Å²) in [6.45, 7) is 9.06. The third kappa shape index (κ3) is 11.3. The summed E-state index contributed by atoms with van der Waals surface area (Å²) in [6, 6.07) is 39.5. The van der Waals surface area contributed by atoms with Gasteiger partial charge in [-0.05, 0) is 128 Å². The molecular formula is C46H51ClN4O4S2. The van der Waals surface area contributed by atoms with E-state index in [1.807, 2.05) is 67.2 Å². The number of thioether (sulfide) groups is 1.